The topological polar surface area (TPSA) is 68.1 Å². The maximum absolute atomic E-state index is 14.4. The van der Waals surface area contributed by atoms with Gasteiger partial charge in [-0.05, 0) is 49.4 Å². The average Bonchev–Trinajstić information content (AvgIpc) is 2.35. The molecule has 1 aromatic carbocycles. The third kappa shape index (κ3) is 4.04. The van der Waals surface area contributed by atoms with E-state index in [9.17, 15) is 9.50 Å². The number of alkyl halides is 1. The van der Waals surface area contributed by atoms with E-state index in [2.05, 4.69) is 10.6 Å². The lowest BCUT2D eigenvalue weighted by Gasteiger charge is -2.29. The van der Waals surface area contributed by atoms with Gasteiger partial charge in [-0.25, -0.2) is 4.39 Å². The number of hydrogen-bond donors (Lipinski definition) is 3. The summed E-state index contributed by atoms with van der Waals surface area (Å²) in [7, 11) is 1.62. The summed E-state index contributed by atoms with van der Waals surface area (Å²) in [5.74, 6) is -0.688. The number of nitrogens with one attached hydrogen (secondary N) is 2. The average molecular weight is 391 g/mol. The van der Waals surface area contributed by atoms with Crippen LogP contribution in [0, 0.1) is 17.1 Å². The standard InChI is InChI=1S/C14H19FIN3O/c1-13(2,3)19-8-14(16,20)10-5-6-11(18-4)9(7-17)12(10)15/h5-6,18-20H,8H2,1-4H3. The lowest BCUT2D eigenvalue weighted by Crippen LogP contribution is -2.43. The van der Waals surface area contributed by atoms with E-state index in [1.54, 1.807) is 35.7 Å². The van der Waals surface area contributed by atoms with Crippen LogP contribution in [0.1, 0.15) is 31.9 Å². The number of rotatable bonds is 4. The summed E-state index contributed by atoms with van der Waals surface area (Å²) < 4.78 is 13.0. The van der Waals surface area contributed by atoms with E-state index >= 15 is 0 Å². The first-order chi connectivity index (χ1) is 9.12. The molecular weight excluding hydrogens is 372 g/mol. The highest BCUT2D eigenvalue weighted by Gasteiger charge is 2.32. The number of β-amino-alcohol motifs (C(OH)–C–C–N with tert-alkyl or cyclic N) is 1. The third-order valence-corrected chi connectivity index (χ3v) is 3.75. The highest BCUT2D eigenvalue weighted by atomic mass is 127. The third-order valence-electron chi connectivity index (χ3n) is 2.79. The van der Waals surface area contributed by atoms with Crippen molar-refractivity contribution in [2.24, 2.45) is 0 Å². The second-order valence-electron chi connectivity index (χ2n) is 5.57. The van der Waals surface area contributed by atoms with Crippen molar-refractivity contribution in [1.29, 1.82) is 5.26 Å². The molecule has 0 aliphatic rings. The Balaban J connectivity index is 3.16. The van der Waals surface area contributed by atoms with Crippen LogP contribution < -0.4 is 10.6 Å². The summed E-state index contributed by atoms with van der Waals surface area (Å²) >= 11 is 1.79. The molecule has 0 aliphatic heterocycles. The van der Waals surface area contributed by atoms with Gasteiger partial charge in [-0.3, -0.25) is 0 Å². The zero-order chi connectivity index (χ0) is 15.6. The van der Waals surface area contributed by atoms with Gasteiger partial charge in [0.15, 0.2) is 3.61 Å². The summed E-state index contributed by atoms with van der Waals surface area (Å²) in [5.41, 5.74) is 0.226. The quantitative estimate of drug-likeness (QED) is 0.546. The maximum atomic E-state index is 14.4. The van der Waals surface area contributed by atoms with Gasteiger partial charge in [0.25, 0.3) is 0 Å². The van der Waals surface area contributed by atoms with Crippen LogP contribution in [0.5, 0.6) is 0 Å². The van der Waals surface area contributed by atoms with Gasteiger partial charge >= 0.3 is 0 Å². The van der Waals surface area contributed by atoms with Gasteiger partial charge < -0.3 is 15.7 Å². The van der Waals surface area contributed by atoms with Crippen molar-refractivity contribution < 1.29 is 9.50 Å². The van der Waals surface area contributed by atoms with E-state index in [1.807, 2.05) is 26.8 Å². The van der Waals surface area contributed by atoms with Crippen molar-refractivity contribution in [1.82, 2.24) is 5.32 Å². The molecule has 0 aromatic heterocycles. The van der Waals surface area contributed by atoms with Crippen molar-refractivity contribution >= 4 is 28.3 Å². The summed E-state index contributed by atoms with van der Waals surface area (Å²) in [6.45, 7) is 6.06. The molecule has 0 heterocycles. The van der Waals surface area contributed by atoms with Crippen LogP contribution in [0.25, 0.3) is 0 Å². The summed E-state index contributed by atoms with van der Waals surface area (Å²) in [6, 6.07) is 4.92. The predicted molar refractivity (Wildman–Crippen MR) is 86.3 cm³/mol. The van der Waals surface area contributed by atoms with Crippen molar-refractivity contribution in [2.45, 2.75) is 29.9 Å². The van der Waals surface area contributed by atoms with Crippen LogP contribution >= 0.6 is 22.6 Å². The van der Waals surface area contributed by atoms with E-state index in [0.29, 0.717) is 5.69 Å². The van der Waals surface area contributed by atoms with Gasteiger partial charge in [0.2, 0.25) is 0 Å². The van der Waals surface area contributed by atoms with E-state index in [4.69, 9.17) is 5.26 Å². The number of hydrogen-bond acceptors (Lipinski definition) is 4. The van der Waals surface area contributed by atoms with Crippen molar-refractivity contribution in [3.8, 4) is 6.07 Å². The fourth-order valence-corrected chi connectivity index (χ4v) is 2.27. The first-order valence-electron chi connectivity index (χ1n) is 6.19. The molecule has 0 saturated heterocycles. The zero-order valence-corrected chi connectivity index (χ0v) is 14.2. The Morgan fingerprint density at radius 2 is 2.00 bits per heavy atom. The second kappa shape index (κ2) is 6.24. The molecule has 1 unspecified atom stereocenters. The molecule has 6 heteroatoms. The molecule has 0 saturated carbocycles. The first kappa shape index (κ1) is 17.1. The molecule has 0 fully saturated rings. The molecular formula is C14H19FIN3O. The Morgan fingerprint density at radius 3 is 2.45 bits per heavy atom. The van der Waals surface area contributed by atoms with E-state index in [1.165, 1.54) is 6.07 Å². The summed E-state index contributed by atoms with van der Waals surface area (Å²) in [6.07, 6.45) is 0. The van der Waals surface area contributed by atoms with Crippen molar-refractivity contribution in [3.63, 3.8) is 0 Å². The van der Waals surface area contributed by atoms with Gasteiger partial charge in [-0.1, -0.05) is 6.07 Å². The van der Waals surface area contributed by atoms with Gasteiger partial charge in [0.05, 0.1) is 5.69 Å². The monoisotopic (exact) mass is 391 g/mol. The molecule has 0 bridgehead atoms. The minimum Gasteiger partial charge on any atom is -0.387 e. The fraction of sp³-hybridized carbons (Fsp3) is 0.500. The van der Waals surface area contributed by atoms with E-state index < -0.39 is 9.43 Å². The Labute approximate surface area is 132 Å². The highest BCUT2D eigenvalue weighted by molar-refractivity contribution is 14.1. The highest BCUT2D eigenvalue weighted by Crippen LogP contribution is 2.34. The second-order valence-corrected chi connectivity index (χ2v) is 7.36. The van der Waals surface area contributed by atoms with Crippen LogP contribution in [0.3, 0.4) is 0 Å². The molecule has 1 rings (SSSR count). The van der Waals surface area contributed by atoms with Crippen LogP contribution in [-0.4, -0.2) is 24.2 Å². The largest absolute Gasteiger partial charge is 0.387 e. The van der Waals surface area contributed by atoms with Gasteiger partial charge in [-0.2, -0.15) is 5.26 Å². The van der Waals surface area contributed by atoms with Crippen LogP contribution in [0.4, 0.5) is 10.1 Å². The van der Waals surface area contributed by atoms with Crippen molar-refractivity contribution in [3.05, 3.63) is 29.1 Å². The first-order valence-corrected chi connectivity index (χ1v) is 7.27. The van der Waals surface area contributed by atoms with Crippen LogP contribution in [-0.2, 0) is 3.61 Å². The summed E-state index contributed by atoms with van der Waals surface area (Å²) in [4.78, 5) is 0. The number of halogens is 2. The number of anilines is 1. The SMILES string of the molecule is CNc1ccc(C(O)(I)CNC(C)(C)C)c(F)c1C#N. The molecule has 0 amide bonds. The number of benzene rings is 1. The fourth-order valence-electron chi connectivity index (χ4n) is 1.67. The molecule has 20 heavy (non-hydrogen) atoms. The van der Waals surface area contributed by atoms with E-state index in [0.717, 1.165) is 0 Å². The molecule has 0 radical (unpaired) electrons. The molecule has 3 N–H and O–H groups in total. The number of nitrogens with zero attached hydrogens (tertiary/aromatic N) is 1. The minimum absolute atomic E-state index is 0.0872. The zero-order valence-electron chi connectivity index (χ0n) is 12.0. The normalized spacial score (nSPS) is 14.5. The molecule has 1 atom stereocenters. The smallest absolute Gasteiger partial charge is 0.156 e. The minimum atomic E-state index is -1.42. The maximum Gasteiger partial charge on any atom is 0.156 e. The van der Waals surface area contributed by atoms with E-state index in [-0.39, 0.29) is 23.2 Å². The van der Waals surface area contributed by atoms with Crippen LogP contribution in [0.2, 0.25) is 0 Å². The van der Waals surface area contributed by atoms with Gasteiger partial charge in [0, 0.05) is 24.7 Å². The number of nitriles is 1. The summed E-state index contributed by atoms with van der Waals surface area (Å²) in [5, 5.41) is 25.4. The lowest BCUT2D eigenvalue weighted by atomic mass is 10.0. The Kier molecular flexibility index (Phi) is 5.35. The number of aliphatic hydroxyl groups is 1. The lowest BCUT2D eigenvalue weighted by molar-refractivity contribution is 0.140. The van der Waals surface area contributed by atoms with Gasteiger partial charge in [0.1, 0.15) is 17.4 Å². The molecule has 110 valence electrons. The van der Waals surface area contributed by atoms with Gasteiger partial charge in [-0.15, -0.1) is 0 Å². The van der Waals surface area contributed by atoms with Crippen molar-refractivity contribution in [2.75, 3.05) is 18.9 Å². The molecule has 4 nitrogen and oxygen atoms in total. The Hall–Kier alpha value is -0.910. The predicted octanol–water partition coefficient (Wildman–Crippen LogP) is 2.71. The van der Waals surface area contributed by atoms with Crippen LogP contribution in [0.15, 0.2) is 12.1 Å². The molecule has 0 spiro atoms. The molecule has 1 aromatic rings. The molecule has 0 aliphatic carbocycles. The Morgan fingerprint density at radius 1 is 1.40 bits per heavy atom. The Bertz CT molecular complexity index is 532.